The lowest BCUT2D eigenvalue weighted by atomic mass is 10.7. The van der Waals surface area contributed by atoms with Gasteiger partial charge in [-0.15, -0.1) is 0 Å². The average molecular weight is 159 g/mol. The van der Waals surface area contributed by atoms with Gasteiger partial charge in [0.1, 0.15) is 4.38 Å². The second-order valence-electron chi connectivity index (χ2n) is 1.67. The van der Waals surface area contributed by atoms with Crippen molar-refractivity contribution in [1.82, 2.24) is 0 Å². The first-order chi connectivity index (χ1) is 4.33. The van der Waals surface area contributed by atoms with Gasteiger partial charge in [-0.1, -0.05) is 30.1 Å². The van der Waals surface area contributed by atoms with Crippen molar-refractivity contribution in [2.45, 2.75) is 6.92 Å². The molecule has 1 saturated heterocycles. The van der Waals surface area contributed by atoms with E-state index in [4.69, 9.17) is 0 Å². The van der Waals surface area contributed by atoms with Crippen LogP contribution in [-0.2, 0) is 0 Å². The summed E-state index contributed by atoms with van der Waals surface area (Å²) in [7, 11) is 0. The largest absolute Gasteiger partial charge is 0.272 e. The van der Waals surface area contributed by atoms with E-state index in [1.165, 1.54) is 9.28 Å². The van der Waals surface area contributed by atoms with Gasteiger partial charge in [0.05, 0.1) is 0 Å². The Morgan fingerprint density at radius 2 is 2.56 bits per heavy atom. The first-order valence-electron chi connectivity index (χ1n) is 2.86. The second-order valence-corrected chi connectivity index (χ2v) is 4.06. The molecule has 0 N–H and O–H groups in total. The van der Waals surface area contributed by atoms with Crippen LogP contribution in [0.2, 0.25) is 0 Å². The first-order valence-corrected chi connectivity index (χ1v) is 4.66. The summed E-state index contributed by atoms with van der Waals surface area (Å²) in [6.45, 7) is 6.79. The van der Waals surface area contributed by atoms with E-state index in [-0.39, 0.29) is 0 Å². The molecule has 1 heterocycles. The van der Waals surface area contributed by atoms with Crippen LogP contribution in [0.25, 0.3) is 0 Å². The van der Waals surface area contributed by atoms with Crippen molar-refractivity contribution in [2.24, 2.45) is 4.99 Å². The summed E-state index contributed by atoms with van der Waals surface area (Å²) in [6, 6.07) is 0. The van der Waals surface area contributed by atoms with Crippen molar-refractivity contribution >= 4 is 27.9 Å². The zero-order valence-corrected chi connectivity index (χ0v) is 7.02. The normalized spacial score (nSPS) is 23.7. The summed E-state index contributed by atoms with van der Waals surface area (Å²) >= 11 is 3.50. The second kappa shape index (κ2) is 3.32. The number of hydrogen-bond acceptors (Lipinski definition) is 3. The molecule has 9 heavy (non-hydrogen) atoms. The van der Waals surface area contributed by atoms with E-state index >= 15 is 0 Å². The molecule has 1 rings (SSSR count). The fourth-order valence-corrected chi connectivity index (χ4v) is 2.66. The molecule has 0 unspecified atom stereocenters. The SMILES string of the molecule is C=C1CSC(=NCC)S1. The fraction of sp³-hybridized carbons (Fsp3) is 0.500. The van der Waals surface area contributed by atoms with Gasteiger partial charge in [0.25, 0.3) is 0 Å². The van der Waals surface area contributed by atoms with Crippen LogP contribution in [0.5, 0.6) is 0 Å². The van der Waals surface area contributed by atoms with Gasteiger partial charge in [0.2, 0.25) is 0 Å². The van der Waals surface area contributed by atoms with Crippen LogP contribution in [0.4, 0.5) is 0 Å². The molecule has 0 aromatic rings. The molecule has 1 nitrogen and oxygen atoms in total. The number of rotatable bonds is 1. The van der Waals surface area contributed by atoms with Gasteiger partial charge >= 0.3 is 0 Å². The van der Waals surface area contributed by atoms with Crippen molar-refractivity contribution in [3.05, 3.63) is 11.5 Å². The van der Waals surface area contributed by atoms with Crippen LogP contribution in [0, 0.1) is 0 Å². The third-order valence-corrected chi connectivity index (χ3v) is 3.27. The third-order valence-electron chi connectivity index (χ3n) is 0.875. The molecule has 1 aliphatic rings. The molecule has 0 aliphatic carbocycles. The Labute approximate surface area is 64.0 Å². The summed E-state index contributed by atoms with van der Waals surface area (Å²) in [5.74, 6) is 1.05. The third kappa shape index (κ3) is 2.06. The van der Waals surface area contributed by atoms with Gasteiger partial charge < -0.3 is 0 Å². The molecule has 0 bridgehead atoms. The van der Waals surface area contributed by atoms with E-state index in [2.05, 4.69) is 18.5 Å². The standard InChI is InChI=1S/C6H9NS2/c1-3-7-6-8-4-5(2)9-6/h2-4H2,1H3. The quantitative estimate of drug-likeness (QED) is 0.582. The Morgan fingerprint density at radius 3 is 3.00 bits per heavy atom. The van der Waals surface area contributed by atoms with Gasteiger partial charge in [0, 0.05) is 12.3 Å². The predicted molar refractivity (Wildman–Crippen MR) is 47.2 cm³/mol. The zero-order chi connectivity index (χ0) is 6.69. The van der Waals surface area contributed by atoms with E-state index in [0.29, 0.717) is 0 Å². The molecule has 3 heteroatoms. The van der Waals surface area contributed by atoms with Gasteiger partial charge in [-0.05, 0) is 11.8 Å². The predicted octanol–water partition coefficient (Wildman–Crippen LogP) is 2.36. The summed E-state index contributed by atoms with van der Waals surface area (Å²) in [6.07, 6.45) is 0. The topological polar surface area (TPSA) is 12.4 Å². The van der Waals surface area contributed by atoms with E-state index in [0.717, 1.165) is 12.3 Å². The Hall–Kier alpha value is 0.110. The Balaban J connectivity index is 2.47. The molecule has 0 aromatic heterocycles. The number of hydrogen-bond donors (Lipinski definition) is 0. The summed E-state index contributed by atoms with van der Waals surface area (Å²) in [5, 5.41) is 0. The van der Waals surface area contributed by atoms with Crippen molar-refractivity contribution in [1.29, 1.82) is 0 Å². The van der Waals surface area contributed by atoms with Gasteiger partial charge in [-0.2, -0.15) is 0 Å². The van der Waals surface area contributed by atoms with E-state index in [9.17, 15) is 0 Å². The van der Waals surface area contributed by atoms with Gasteiger partial charge in [-0.3, -0.25) is 4.99 Å². The highest BCUT2D eigenvalue weighted by molar-refractivity contribution is 8.43. The minimum Gasteiger partial charge on any atom is -0.272 e. The van der Waals surface area contributed by atoms with Crippen LogP contribution in [-0.4, -0.2) is 16.7 Å². The van der Waals surface area contributed by atoms with Crippen molar-refractivity contribution in [2.75, 3.05) is 12.3 Å². The molecule has 0 radical (unpaired) electrons. The highest BCUT2D eigenvalue weighted by Crippen LogP contribution is 2.34. The molecule has 0 spiro atoms. The molecule has 0 atom stereocenters. The van der Waals surface area contributed by atoms with E-state index in [1.807, 2.05) is 0 Å². The lowest BCUT2D eigenvalue weighted by molar-refractivity contribution is 1.14. The molecular formula is C6H9NS2. The first kappa shape index (κ1) is 7.22. The molecule has 50 valence electrons. The monoisotopic (exact) mass is 159 g/mol. The van der Waals surface area contributed by atoms with Crippen LogP contribution >= 0.6 is 23.5 Å². The van der Waals surface area contributed by atoms with Gasteiger partial charge in [0.15, 0.2) is 0 Å². The number of thioether (sulfide) groups is 2. The molecule has 1 fully saturated rings. The molecule has 0 aromatic carbocycles. The van der Waals surface area contributed by atoms with Crippen molar-refractivity contribution in [3.63, 3.8) is 0 Å². The fourth-order valence-electron chi connectivity index (χ4n) is 0.532. The van der Waals surface area contributed by atoms with Crippen LogP contribution in [0.15, 0.2) is 16.5 Å². The Bertz CT molecular complexity index is 151. The summed E-state index contributed by atoms with van der Waals surface area (Å²) < 4.78 is 1.18. The van der Waals surface area contributed by atoms with Crippen molar-refractivity contribution in [3.8, 4) is 0 Å². The number of aliphatic imine (C=N–C) groups is 1. The maximum atomic E-state index is 4.26. The van der Waals surface area contributed by atoms with E-state index < -0.39 is 0 Å². The molecule has 0 amide bonds. The summed E-state index contributed by atoms with van der Waals surface area (Å²) in [5.41, 5.74) is 0. The summed E-state index contributed by atoms with van der Waals surface area (Å²) in [4.78, 5) is 5.48. The molecule has 0 saturated carbocycles. The zero-order valence-electron chi connectivity index (χ0n) is 5.39. The minimum absolute atomic E-state index is 0.891. The minimum atomic E-state index is 0.891. The lowest BCUT2D eigenvalue weighted by Gasteiger charge is -1.87. The Morgan fingerprint density at radius 1 is 1.78 bits per heavy atom. The highest BCUT2D eigenvalue weighted by atomic mass is 32.2. The van der Waals surface area contributed by atoms with Crippen LogP contribution in [0.3, 0.4) is 0 Å². The van der Waals surface area contributed by atoms with E-state index in [1.54, 1.807) is 23.5 Å². The molecule has 1 aliphatic heterocycles. The number of nitrogens with zero attached hydrogens (tertiary/aromatic N) is 1. The van der Waals surface area contributed by atoms with Crippen LogP contribution < -0.4 is 0 Å². The molecular weight excluding hydrogens is 150 g/mol. The Kier molecular flexibility index (Phi) is 2.66. The lowest BCUT2D eigenvalue weighted by Crippen LogP contribution is -1.77. The average Bonchev–Trinajstić information content (AvgIpc) is 2.17. The maximum Gasteiger partial charge on any atom is 0.129 e. The smallest absolute Gasteiger partial charge is 0.129 e. The maximum absolute atomic E-state index is 4.26. The highest BCUT2D eigenvalue weighted by Gasteiger charge is 2.12. The van der Waals surface area contributed by atoms with Crippen molar-refractivity contribution < 1.29 is 0 Å². The van der Waals surface area contributed by atoms with Gasteiger partial charge in [-0.25, -0.2) is 0 Å². The van der Waals surface area contributed by atoms with Crippen LogP contribution in [0.1, 0.15) is 6.92 Å².